The van der Waals surface area contributed by atoms with Gasteiger partial charge in [-0.05, 0) is 61.7 Å². The summed E-state index contributed by atoms with van der Waals surface area (Å²) in [6.45, 7) is 1.42. The fourth-order valence-corrected chi connectivity index (χ4v) is 6.48. The number of nitrogens with zero attached hydrogens (tertiary/aromatic N) is 2. The lowest BCUT2D eigenvalue weighted by molar-refractivity contribution is -0.139. The predicted molar refractivity (Wildman–Crippen MR) is 157 cm³/mol. The van der Waals surface area contributed by atoms with Crippen LogP contribution in [0.25, 0.3) is 0 Å². The Hall–Kier alpha value is -3.17. The molecule has 1 saturated carbocycles. The zero-order chi connectivity index (χ0) is 27.8. The van der Waals surface area contributed by atoms with Crippen LogP contribution in [0.4, 0.5) is 5.69 Å². The molecule has 1 aliphatic carbocycles. The van der Waals surface area contributed by atoms with Crippen molar-refractivity contribution in [3.8, 4) is 0 Å². The van der Waals surface area contributed by atoms with Crippen LogP contribution in [0.5, 0.6) is 0 Å². The van der Waals surface area contributed by atoms with Gasteiger partial charge < -0.3 is 10.2 Å². The van der Waals surface area contributed by atoms with E-state index in [1.807, 2.05) is 24.3 Å². The molecule has 0 bridgehead atoms. The number of hydrogen-bond acceptors (Lipinski definition) is 4. The van der Waals surface area contributed by atoms with E-state index in [1.54, 1.807) is 55.5 Å². The van der Waals surface area contributed by atoms with Crippen LogP contribution in [0.15, 0.2) is 94.3 Å². The summed E-state index contributed by atoms with van der Waals surface area (Å²) >= 11 is 3.43. The van der Waals surface area contributed by atoms with Crippen molar-refractivity contribution >= 4 is 43.5 Å². The number of nitrogens with one attached hydrogen (secondary N) is 1. The first kappa shape index (κ1) is 28.8. The summed E-state index contributed by atoms with van der Waals surface area (Å²) in [7, 11) is -4.05. The first-order valence-electron chi connectivity index (χ1n) is 13.2. The second kappa shape index (κ2) is 13.3. The van der Waals surface area contributed by atoms with Crippen molar-refractivity contribution in [3.63, 3.8) is 0 Å². The van der Waals surface area contributed by atoms with E-state index in [-0.39, 0.29) is 23.4 Å². The first-order valence-corrected chi connectivity index (χ1v) is 15.5. The SMILES string of the molecule is C[C@@H](C(=O)NC1CCCCC1)N(Cc1ccc(Br)cc1)C(=O)CN(c1ccccc1)S(=O)(=O)c1ccccc1. The number of amides is 2. The van der Waals surface area contributed by atoms with Gasteiger partial charge in [-0.15, -0.1) is 0 Å². The van der Waals surface area contributed by atoms with E-state index in [4.69, 9.17) is 0 Å². The molecular weight excluding hydrogens is 578 g/mol. The average Bonchev–Trinajstić information content (AvgIpc) is 2.96. The van der Waals surface area contributed by atoms with Crippen LogP contribution in [-0.2, 0) is 26.2 Å². The van der Waals surface area contributed by atoms with Crippen molar-refractivity contribution in [2.75, 3.05) is 10.8 Å². The Bertz CT molecular complexity index is 1350. The van der Waals surface area contributed by atoms with Gasteiger partial charge in [-0.2, -0.15) is 0 Å². The summed E-state index contributed by atoms with van der Waals surface area (Å²) in [5.74, 6) is -0.697. The van der Waals surface area contributed by atoms with Crippen molar-refractivity contribution in [1.82, 2.24) is 10.2 Å². The number of hydrogen-bond donors (Lipinski definition) is 1. The molecule has 3 aromatic carbocycles. The molecule has 0 heterocycles. The molecule has 1 fully saturated rings. The molecule has 1 N–H and O–H groups in total. The smallest absolute Gasteiger partial charge is 0.264 e. The molecule has 2 amide bonds. The summed E-state index contributed by atoms with van der Waals surface area (Å²) in [4.78, 5) is 28.8. The van der Waals surface area contributed by atoms with Gasteiger partial charge in [0.25, 0.3) is 10.0 Å². The van der Waals surface area contributed by atoms with E-state index in [2.05, 4.69) is 21.2 Å². The van der Waals surface area contributed by atoms with Gasteiger partial charge in [0.1, 0.15) is 12.6 Å². The minimum absolute atomic E-state index is 0.0872. The van der Waals surface area contributed by atoms with Crippen LogP contribution in [0.2, 0.25) is 0 Å². The Morgan fingerprint density at radius 1 is 0.897 bits per heavy atom. The van der Waals surface area contributed by atoms with E-state index in [9.17, 15) is 18.0 Å². The standard InChI is InChI=1S/C30H34BrN3O4S/c1-23(30(36)32-26-11-5-2-6-12-26)33(21-24-17-19-25(31)20-18-24)29(35)22-34(27-13-7-3-8-14-27)39(37,38)28-15-9-4-10-16-28/h3-4,7-10,13-20,23,26H,2,5-6,11-12,21-22H2,1H3,(H,32,36)/t23-/m0/s1. The van der Waals surface area contributed by atoms with Gasteiger partial charge in [0, 0.05) is 17.1 Å². The molecule has 0 spiro atoms. The topological polar surface area (TPSA) is 86.8 Å². The number of rotatable bonds is 10. The maximum absolute atomic E-state index is 13.9. The Morgan fingerprint density at radius 2 is 1.49 bits per heavy atom. The number of anilines is 1. The summed E-state index contributed by atoms with van der Waals surface area (Å²) in [6.07, 6.45) is 5.17. The molecule has 1 atom stereocenters. The second-order valence-corrected chi connectivity index (χ2v) is 12.6. The highest BCUT2D eigenvalue weighted by atomic mass is 79.9. The van der Waals surface area contributed by atoms with Gasteiger partial charge in [-0.1, -0.05) is 83.7 Å². The molecule has 4 rings (SSSR count). The lowest BCUT2D eigenvalue weighted by Crippen LogP contribution is -2.53. The van der Waals surface area contributed by atoms with Crippen LogP contribution < -0.4 is 9.62 Å². The van der Waals surface area contributed by atoms with E-state index < -0.39 is 28.5 Å². The molecule has 0 aromatic heterocycles. The fraction of sp³-hybridized carbons (Fsp3) is 0.333. The number of carbonyl (C=O) groups is 2. The Labute approximate surface area is 239 Å². The molecule has 0 aliphatic heterocycles. The van der Waals surface area contributed by atoms with Crippen LogP contribution in [0.1, 0.15) is 44.6 Å². The minimum Gasteiger partial charge on any atom is -0.352 e. The van der Waals surface area contributed by atoms with E-state index in [0.717, 1.165) is 40.0 Å². The third kappa shape index (κ3) is 7.48. The normalized spacial score (nSPS) is 14.8. The van der Waals surface area contributed by atoms with E-state index in [1.165, 1.54) is 23.5 Å². The molecule has 1 aliphatic rings. The number of halogens is 1. The average molecular weight is 613 g/mol. The van der Waals surface area contributed by atoms with Gasteiger partial charge >= 0.3 is 0 Å². The minimum atomic E-state index is -4.05. The summed E-state index contributed by atoms with van der Waals surface area (Å²) in [5.41, 5.74) is 1.21. The highest BCUT2D eigenvalue weighted by Crippen LogP contribution is 2.25. The molecular formula is C30H34BrN3O4S. The summed E-state index contributed by atoms with van der Waals surface area (Å²) < 4.78 is 29.5. The molecule has 39 heavy (non-hydrogen) atoms. The number of para-hydroxylation sites is 1. The quantitative estimate of drug-likeness (QED) is 0.327. The fourth-order valence-electron chi connectivity index (χ4n) is 4.78. The Morgan fingerprint density at radius 3 is 2.10 bits per heavy atom. The van der Waals surface area contributed by atoms with Gasteiger partial charge in [0.15, 0.2) is 0 Å². The molecule has 9 heteroatoms. The van der Waals surface area contributed by atoms with Crippen molar-refractivity contribution in [2.45, 2.75) is 62.6 Å². The zero-order valence-electron chi connectivity index (χ0n) is 22.0. The van der Waals surface area contributed by atoms with Crippen molar-refractivity contribution in [1.29, 1.82) is 0 Å². The molecule has 7 nitrogen and oxygen atoms in total. The van der Waals surface area contributed by atoms with Crippen molar-refractivity contribution in [2.24, 2.45) is 0 Å². The summed E-state index contributed by atoms with van der Waals surface area (Å²) in [5, 5.41) is 3.12. The Kier molecular flexibility index (Phi) is 9.80. The van der Waals surface area contributed by atoms with E-state index in [0.29, 0.717) is 5.69 Å². The molecule has 206 valence electrons. The molecule has 0 saturated heterocycles. The van der Waals surface area contributed by atoms with Crippen LogP contribution in [0.3, 0.4) is 0 Å². The largest absolute Gasteiger partial charge is 0.352 e. The van der Waals surface area contributed by atoms with Gasteiger partial charge in [-0.25, -0.2) is 8.42 Å². The highest BCUT2D eigenvalue weighted by molar-refractivity contribution is 9.10. The predicted octanol–water partition coefficient (Wildman–Crippen LogP) is 5.51. The number of carbonyl (C=O) groups excluding carboxylic acids is 2. The van der Waals surface area contributed by atoms with Crippen LogP contribution in [0, 0.1) is 0 Å². The first-order chi connectivity index (χ1) is 18.8. The lowest BCUT2D eigenvalue weighted by atomic mass is 9.95. The maximum Gasteiger partial charge on any atom is 0.264 e. The third-order valence-electron chi connectivity index (χ3n) is 7.04. The molecule has 0 unspecified atom stereocenters. The highest BCUT2D eigenvalue weighted by Gasteiger charge is 2.33. The lowest BCUT2D eigenvalue weighted by Gasteiger charge is -2.33. The van der Waals surface area contributed by atoms with Gasteiger partial charge in [-0.3, -0.25) is 13.9 Å². The van der Waals surface area contributed by atoms with Crippen LogP contribution in [-0.4, -0.2) is 43.8 Å². The van der Waals surface area contributed by atoms with Gasteiger partial charge in [0.2, 0.25) is 11.8 Å². The van der Waals surface area contributed by atoms with Crippen LogP contribution >= 0.6 is 15.9 Å². The second-order valence-electron chi connectivity index (χ2n) is 9.83. The zero-order valence-corrected chi connectivity index (χ0v) is 24.4. The van der Waals surface area contributed by atoms with Gasteiger partial charge in [0.05, 0.1) is 10.6 Å². The van der Waals surface area contributed by atoms with E-state index >= 15 is 0 Å². The monoisotopic (exact) mass is 611 g/mol. The third-order valence-corrected chi connectivity index (χ3v) is 9.36. The van der Waals surface area contributed by atoms with Crippen molar-refractivity contribution in [3.05, 3.63) is 95.0 Å². The number of sulfonamides is 1. The Balaban J connectivity index is 1.64. The molecule has 0 radical (unpaired) electrons. The maximum atomic E-state index is 13.9. The summed E-state index contributed by atoms with van der Waals surface area (Å²) in [6, 6.07) is 23.4. The number of benzene rings is 3. The molecule has 3 aromatic rings. The van der Waals surface area contributed by atoms with Crippen molar-refractivity contribution < 1.29 is 18.0 Å².